The van der Waals surface area contributed by atoms with E-state index in [0.29, 0.717) is 18.3 Å². The molecule has 3 N–H and O–H groups in total. The lowest BCUT2D eigenvalue weighted by molar-refractivity contribution is -0.306. The van der Waals surface area contributed by atoms with E-state index in [1.54, 1.807) is 65.8 Å². The Morgan fingerprint density at radius 1 is 0.949 bits per heavy atom. The molecule has 3 aliphatic heterocycles. The fraction of sp³-hybridized carbons (Fsp3) is 0.721. The van der Waals surface area contributed by atoms with Gasteiger partial charge in [-0.2, -0.15) is 0 Å². The lowest BCUT2D eigenvalue weighted by Crippen LogP contribution is -2.63. The molecule has 59 heavy (non-hydrogen) atoms. The molecule has 3 rings (SSSR count). The third-order valence-electron chi connectivity index (χ3n) is 11.3. The summed E-state index contributed by atoms with van der Waals surface area (Å²) < 4.78 is 47.8. The number of rotatable bonds is 13. The molecule has 16 nitrogen and oxygen atoms in total. The van der Waals surface area contributed by atoms with E-state index in [1.807, 2.05) is 13.0 Å². The summed E-state index contributed by atoms with van der Waals surface area (Å²) in [7, 11) is 6.36. The topological polar surface area (TPSA) is 206 Å². The lowest BCUT2D eigenvalue weighted by atomic mass is 9.81. The van der Waals surface area contributed by atoms with E-state index in [-0.39, 0.29) is 31.0 Å². The van der Waals surface area contributed by atoms with Crippen molar-refractivity contribution in [2.24, 2.45) is 23.7 Å². The van der Waals surface area contributed by atoms with Gasteiger partial charge in [0.1, 0.15) is 36.5 Å². The third kappa shape index (κ3) is 13.6. The maximum Gasteiger partial charge on any atom is 0.334 e. The number of ether oxygens (including phenoxy) is 8. The van der Waals surface area contributed by atoms with Crippen LogP contribution in [0, 0.1) is 23.7 Å². The minimum absolute atomic E-state index is 0.0317. The van der Waals surface area contributed by atoms with Crippen molar-refractivity contribution >= 4 is 24.0 Å². The summed E-state index contributed by atoms with van der Waals surface area (Å²) in [4.78, 5) is 52.2. The Morgan fingerprint density at radius 2 is 1.61 bits per heavy atom. The molecule has 3 heterocycles. The third-order valence-corrected chi connectivity index (χ3v) is 11.3. The van der Waals surface area contributed by atoms with Crippen LogP contribution in [0.25, 0.3) is 0 Å². The zero-order chi connectivity index (χ0) is 44.1. The molecule has 0 amide bonds. The predicted molar refractivity (Wildman–Crippen MR) is 215 cm³/mol. The lowest BCUT2D eigenvalue weighted by Gasteiger charge is -2.46. The van der Waals surface area contributed by atoms with E-state index in [2.05, 4.69) is 0 Å². The second-order valence-electron chi connectivity index (χ2n) is 16.0. The number of hydrogen-bond donors (Lipinski definition) is 3. The fourth-order valence-corrected chi connectivity index (χ4v) is 8.07. The summed E-state index contributed by atoms with van der Waals surface area (Å²) in [5, 5.41) is 33.8. The molecule has 0 saturated carbocycles. The van der Waals surface area contributed by atoms with Crippen LogP contribution in [0.3, 0.4) is 0 Å². The standard InChI is InChI=1S/C43H67NO15/c1-12-33-30(22-54-43-41(53-11)40(52-10)39(27(6)56-43)57-28(7)46)19-23(2)16-17-31(47)24(3)20-29(15-13-14-18-45)38(25(4)32(48)21-34(49)58-33)59-42-37(51)35(44(8)9)36(50)26(5)55-42/h13-14,16-19,21,24-27,29-30,33,35-43,48,50-51H,12,15,20,22H2,1-11H3/b14-13+,17-16+,23-19+,32-21-/t24-,25+,26+,27-,29+,30-,33-,35-,36+,37+,38-,39-,40-,41-,42-,43-/m1/s1. The van der Waals surface area contributed by atoms with Crippen LogP contribution in [0.15, 0.2) is 47.8 Å². The molecule has 0 bridgehead atoms. The molecule has 2 saturated heterocycles. The van der Waals surface area contributed by atoms with Gasteiger partial charge in [-0.1, -0.05) is 44.6 Å². The number of cyclic esters (lactones) is 1. The first-order valence-electron chi connectivity index (χ1n) is 20.3. The average molecular weight is 838 g/mol. The van der Waals surface area contributed by atoms with Gasteiger partial charge in [-0.05, 0) is 72.2 Å². The van der Waals surface area contributed by atoms with Crippen LogP contribution < -0.4 is 0 Å². The monoisotopic (exact) mass is 837 g/mol. The van der Waals surface area contributed by atoms with Crippen LogP contribution >= 0.6 is 0 Å². The van der Waals surface area contributed by atoms with Crippen molar-refractivity contribution in [3.8, 4) is 0 Å². The first kappa shape index (κ1) is 50.0. The van der Waals surface area contributed by atoms with Crippen LogP contribution in [0.2, 0.25) is 0 Å². The van der Waals surface area contributed by atoms with Crippen LogP contribution in [-0.4, -0.2) is 153 Å². The highest BCUT2D eigenvalue weighted by Gasteiger charge is 2.49. The number of allylic oxidation sites excluding steroid dienone is 5. The van der Waals surface area contributed by atoms with Crippen molar-refractivity contribution in [2.75, 3.05) is 34.9 Å². The fourth-order valence-electron chi connectivity index (χ4n) is 8.07. The Bertz CT molecular complexity index is 1510. The van der Waals surface area contributed by atoms with Gasteiger partial charge in [-0.3, -0.25) is 14.4 Å². The average Bonchev–Trinajstić information content (AvgIpc) is 3.17. The van der Waals surface area contributed by atoms with Crippen molar-refractivity contribution in [2.45, 2.75) is 141 Å². The number of aldehydes is 1. The van der Waals surface area contributed by atoms with Gasteiger partial charge in [0.05, 0.1) is 43.1 Å². The predicted octanol–water partition coefficient (Wildman–Crippen LogP) is 3.38. The first-order chi connectivity index (χ1) is 27.9. The molecule has 0 spiro atoms. The Hall–Kier alpha value is -3.32. The molecular weight excluding hydrogens is 770 g/mol. The van der Waals surface area contributed by atoms with Gasteiger partial charge in [-0.15, -0.1) is 0 Å². The molecule has 2 fully saturated rings. The van der Waals surface area contributed by atoms with E-state index >= 15 is 0 Å². The van der Waals surface area contributed by atoms with Gasteiger partial charge in [0.2, 0.25) is 0 Å². The van der Waals surface area contributed by atoms with Crippen molar-refractivity contribution < 1.29 is 72.4 Å². The highest BCUT2D eigenvalue weighted by atomic mass is 16.7. The zero-order valence-electron chi connectivity index (χ0n) is 36.3. The second-order valence-corrected chi connectivity index (χ2v) is 16.0. The first-order valence-corrected chi connectivity index (χ1v) is 20.3. The Kier molecular flexibility index (Phi) is 20.0. The summed E-state index contributed by atoms with van der Waals surface area (Å²) in [5.74, 6) is -4.50. The normalized spacial score (nSPS) is 40.4. The highest BCUT2D eigenvalue weighted by Crippen LogP contribution is 2.35. The number of carbonyl (C=O) groups excluding carboxylic acids is 4. The number of methoxy groups -OCH3 is 2. The van der Waals surface area contributed by atoms with Gasteiger partial charge >= 0.3 is 11.9 Å². The van der Waals surface area contributed by atoms with Crippen molar-refractivity contribution in [1.82, 2.24) is 4.90 Å². The van der Waals surface area contributed by atoms with Crippen LogP contribution in [-0.2, 0) is 57.1 Å². The number of hydrogen-bond acceptors (Lipinski definition) is 16. The molecule has 0 radical (unpaired) electrons. The zero-order valence-corrected chi connectivity index (χ0v) is 36.3. The number of ketones is 1. The molecule has 0 aliphatic carbocycles. The maximum absolute atomic E-state index is 13.7. The highest BCUT2D eigenvalue weighted by molar-refractivity contribution is 5.91. The van der Waals surface area contributed by atoms with Crippen molar-refractivity contribution in [3.63, 3.8) is 0 Å². The van der Waals surface area contributed by atoms with Crippen molar-refractivity contribution in [1.29, 1.82) is 0 Å². The smallest absolute Gasteiger partial charge is 0.334 e. The number of nitrogens with zero attached hydrogens (tertiary/aromatic N) is 1. The number of aliphatic hydroxyl groups excluding tert-OH is 3. The Labute approximate surface area is 348 Å². The molecule has 0 aromatic rings. The van der Waals surface area contributed by atoms with Crippen molar-refractivity contribution in [3.05, 3.63) is 47.8 Å². The summed E-state index contributed by atoms with van der Waals surface area (Å²) in [5.41, 5.74) is 0.681. The van der Waals surface area contributed by atoms with E-state index < -0.39 is 109 Å². The largest absolute Gasteiger partial charge is 0.512 e. The molecule has 0 unspecified atom stereocenters. The van der Waals surface area contributed by atoms with Gasteiger partial charge in [0, 0.05) is 38.9 Å². The van der Waals surface area contributed by atoms with E-state index in [9.17, 15) is 34.5 Å². The quantitative estimate of drug-likeness (QED) is 0.138. The molecule has 16 heteroatoms. The van der Waals surface area contributed by atoms with Crippen LogP contribution in [0.1, 0.15) is 67.7 Å². The maximum atomic E-state index is 13.7. The summed E-state index contributed by atoms with van der Waals surface area (Å²) in [6.45, 7) is 11.7. The van der Waals surface area contributed by atoms with Gasteiger partial charge in [-0.25, -0.2) is 4.79 Å². The molecule has 3 aliphatic rings. The van der Waals surface area contributed by atoms with Gasteiger partial charge < -0.3 is 58.1 Å². The van der Waals surface area contributed by atoms with E-state index in [1.165, 1.54) is 33.3 Å². The molecule has 334 valence electrons. The summed E-state index contributed by atoms with van der Waals surface area (Å²) >= 11 is 0. The number of esters is 2. The van der Waals surface area contributed by atoms with E-state index in [0.717, 1.165) is 6.08 Å². The second kappa shape index (κ2) is 23.6. The Morgan fingerprint density at radius 3 is 2.20 bits per heavy atom. The number of carbonyl (C=O) groups is 4. The Balaban J connectivity index is 2.03. The summed E-state index contributed by atoms with van der Waals surface area (Å²) in [6, 6.07) is -0.754. The number of likely N-dealkylation sites (N-methyl/N-ethyl adjacent to an activating group) is 1. The van der Waals surface area contributed by atoms with Gasteiger partial charge in [0.25, 0.3) is 0 Å². The van der Waals surface area contributed by atoms with Crippen LogP contribution in [0.5, 0.6) is 0 Å². The van der Waals surface area contributed by atoms with Gasteiger partial charge in [0.15, 0.2) is 24.5 Å². The summed E-state index contributed by atoms with van der Waals surface area (Å²) in [6.07, 6.45) is 0.424. The molecule has 0 aromatic carbocycles. The van der Waals surface area contributed by atoms with Crippen LogP contribution in [0.4, 0.5) is 0 Å². The van der Waals surface area contributed by atoms with E-state index in [4.69, 9.17) is 37.9 Å². The SMILES string of the molecule is CC[C@H]1OC(=O)/C=C(\O)[C@H](C)[C@@H](O[C@H]2O[C@@H](C)[C@H](O)[C@@H](N(C)C)[C@@H]2O)[C@@H](C/C=C/C=O)C[C@@H](C)C(=O)/C=C/C(C)=C/[C@@H]1CO[C@@H]1O[C@H](C)[C@@H](OC(C)=O)[C@@H](OC)[C@H]1OC. The molecule has 0 aromatic heterocycles. The molecular formula is C43H67NO15. The minimum atomic E-state index is -1.32. The minimum Gasteiger partial charge on any atom is -0.512 e. The number of aliphatic hydroxyl groups is 3. The molecule has 16 atom stereocenters.